The maximum absolute atomic E-state index is 13.2. The van der Waals surface area contributed by atoms with Crippen LogP contribution in [0, 0.1) is 0 Å². The second kappa shape index (κ2) is 9.95. The van der Waals surface area contributed by atoms with E-state index in [2.05, 4.69) is 15.3 Å². The van der Waals surface area contributed by atoms with Gasteiger partial charge in [-0.05, 0) is 34.9 Å². The van der Waals surface area contributed by atoms with Gasteiger partial charge in [0.15, 0.2) is 0 Å². The number of rotatable bonds is 5. The number of amides is 1. The Kier molecular flexibility index (Phi) is 6.82. The lowest BCUT2D eigenvalue weighted by Crippen LogP contribution is -2.29. The molecule has 34 heavy (non-hydrogen) atoms. The second-order valence-electron chi connectivity index (χ2n) is 7.49. The van der Waals surface area contributed by atoms with Gasteiger partial charge in [0.2, 0.25) is 0 Å². The first-order valence-electron chi connectivity index (χ1n) is 10.3. The average molecular weight is 492 g/mol. The lowest BCUT2D eigenvalue weighted by molar-refractivity contribution is 0.0948. The van der Waals surface area contributed by atoms with Gasteiger partial charge >= 0.3 is 5.63 Å². The van der Waals surface area contributed by atoms with Crippen LogP contribution in [0.5, 0.6) is 0 Å². The van der Waals surface area contributed by atoms with Crippen molar-refractivity contribution in [2.45, 2.75) is 6.54 Å². The Labute approximate surface area is 206 Å². The summed E-state index contributed by atoms with van der Waals surface area (Å²) < 4.78 is 5.48. The van der Waals surface area contributed by atoms with Crippen LogP contribution in [-0.4, -0.2) is 15.9 Å². The predicted octanol–water partition coefficient (Wildman–Crippen LogP) is 5.86. The number of carbonyl (C=O) groups excluding carboxylic acids is 1. The van der Waals surface area contributed by atoms with E-state index >= 15 is 0 Å². The van der Waals surface area contributed by atoms with Crippen LogP contribution < -0.4 is 10.9 Å². The number of nitrogens with one attached hydrogen (secondary N) is 2. The predicted molar refractivity (Wildman–Crippen MR) is 135 cm³/mol. The molecule has 5 rings (SSSR count). The van der Waals surface area contributed by atoms with Gasteiger partial charge in [0.05, 0.1) is 18.2 Å². The molecule has 0 aliphatic rings. The van der Waals surface area contributed by atoms with Crippen LogP contribution in [-0.2, 0) is 6.54 Å². The monoisotopic (exact) mass is 491 g/mol. The summed E-state index contributed by atoms with van der Waals surface area (Å²) in [5.41, 5.74) is 3.59. The molecule has 8 heteroatoms. The molecule has 0 spiro atoms. The van der Waals surface area contributed by atoms with E-state index in [1.165, 1.54) is 0 Å². The number of hydrogen-bond acceptors (Lipinski definition) is 4. The Hall–Kier alpha value is -3.87. The molecule has 2 heterocycles. The quantitative estimate of drug-likeness (QED) is 0.301. The zero-order chi connectivity index (χ0) is 22.8. The van der Waals surface area contributed by atoms with Gasteiger partial charge in [-0.25, -0.2) is 9.78 Å². The van der Waals surface area contributed by atoms with E-state index in [-0.39, 0.29) is 24.5 Å². The molecule has 1 amide bonds. The fraction of sp³-hybridized carbons (Fsp3) is 0.0385. The summed E-state index contributed by atoms with van der Waals surface area (Å²) >= 11 is 6.04. The molecule has 3 aromatic carbocycles. The minimum absolute atomic E-state index is 0. The number of aromatic nitrogens is 2. The molecule has 2 aromatic heterocycles. The van der Waals surface area contributed by atoms with Gasteiger partial charge in [-0.3, -0.25) is 4.79 Å². The van der Waals surface area contributed by atoms with Gasteiger partial charge in [0, 0.05) is 22.5 Å². The Morgan fingerprint density at radius 3 is 2.50 bits per heavy atom. The Morgan fingerprint density at radius 2 is 1.76 bits per heavy atom. The zero-order valence-corrected chi connectivity index (χ0v) is 19.3. The molecule has 0 unspecified atom stereocenters. The Bertz CT molecular complexity index is 1510. The first-order chi connectivity index (χ1) is 16.1. The van der Waals surface area contributed by atoms with E-state index in [0.717, 1.165) is 22.4 Å². The van der Waals surface area contributed by atoms with Crippen LogP contribution in [0.4, 0.5) is 0 Å². The highest BCUT2D eigenvalue weighted by atomic mass is 35.5. The van der Waals surface area contributed by atoms with Crippen molar-refractivity contribution in [1.29, 1.82) is 0 Å². The van der Waals surface area contributed by atoms with Crippen molar-refractivity contribution in [2.24, 2.45) is 0 Å². The number of para-hydroxylation sites is 1. The molecule has 0 saturated carbocycles. The van der Waals surface area contributed by atoms with Crippen LogP contribution in [0.25, 0.3) is 33.4 Å². The van der Waals surface area contributed by atoms with Crippen LogP contribution in [0.15, 0.2) is 94.5 Å². The lowest BCUT2D eigenvalue weighted by atomic mass is 9.95. The molecule has 6 nitrogen and oxygen atoms in total. The van der Waals surface area contributed by atoms with Gasteiger partial charge in [-0.15, -0.1) is 12.4 Å². The van der Waals surface area contributed by atoms with Crippen molar-refractivity contribution in [3.05, 3.63) is 112 Å². The van der Waals surface area contributed by atoms with Crippen molar-refractivity contribution >= 4 is 40.9 Å². The van der Waals surface area contributed by atoms with Crippen LogP contribution >= 0.6 is 24.0 Å². The van der Waals surface area contributed by atoms with Gasteiger partial charge in [0.1, 0.15) is 11.1 Å². The van der Waals surface area contributed by atoms with Crippen LogP contribution in [0.3, 0.4) is 0 Å². The highest BCUT2D eigenvalue weighted by Crippen LogP contribution is 2.32. The lowest BCUT2D eigenvalue weighted by Gasteiger charge is -2.13. The van der Waals surface area contributed by atoms with Crippen molar-refractivity contribution < 1.29 is 9.21 Å². The number of H-pyrrole nitrogens is 1. The smallest absolute Gasteiger partial charge is 0.349 e. The summed E-state index contributed by atoms with van der Waals surface area (Å²) in [4.78, 5) is 33.2. The third-order valence-electron chi connectivity index (χ3n) is 5.37. The minimum Gasteiger partial charge on any atom is -0.422 e. The van der Waals surface area contributed by atoms with Gasteiger partial charge < -0.3 is 14.7 Å². The van der Waals surface area contributed by atoms with E-state index in [4.69, 9.17) is 16.0 Å². The number of fused-ring (bicyclic) bond motifs is 1. The molecule has 0 bridgehead atoms. The second-order valence-corrected chi connectivity index (χ2v) is 7.93. The van der Waals surface area contributed by atoms with Crippen molar-refractivity contribution in [3.63, 3.8) is 0 Å². The molecule has 0 fully saturated rings. The van der Waals surface area contributed by atoms with Gasteiger partial charge in [-0.1, -0.05) is 66.2 Å². The SMILES string of the molecule is Cl.O=C(NCc1cccc(Cl)c1)c1c(-c2ccc(-c3cnc[nH]3)cc2)c2ccccc2oc1=O. The molecule has 170 valence electrons. The van der Waals surface area contributed by atoms with Crippen molar-refractivity contribution in [2.75, 3.05) is 0 Å². The molecule has 0 aliphatic carbocycles. The summed E-state index contributed by atoms with van der Waals surface area (Å²) in [6.07, 6.45) is 3.35. The minimum atomic E-state index is -0.690. The first-order valence-corrected chi connectivity index (χ1v) is 10.7. The van der Waals surface area contributed by atoms with Crippen LogP contribution in [0.2, 0.25) is 5.02 Å². The normalized spacial score (nSPS) is 10.6. The summed E-state index contributed by atoms with van der Waals surface area (Å²) in [6, 6.07) is 22.0. The number of nitrogens with zero attached hydrogens (tertiary/aromatic N) is 1. The Balaban J connectivity index is 0.00000274. The molecule has 2 N–H and O–H groups in total. The number of carbonyl (C=O) groups is 1. The standard InChI is InChI=1S/C26H18ClN3O3.ClH/c27-19-5-3-4-16(12-19)13-29-25(31)24-23(20-6-1-2-7-22(20)33-26(24)32)18-10-8-17(9-11-18)21-14-28-15-30-21;/h1-12,14-15H,13H2,(H,28,30)(H,29,31);1H. The third kappa shape index (κ3) is 4.59. The number of benzene rings is 3. The summed E-state index contributed by atoms with van der Waals surface area (Å²) in [6.45, 7) is 0.226. The maximum Gasteiger partial charge on any atom is 0.349 e. The fourth-order valence-electron chi connectivity index (χ4n) is 3.80. The third-order valence-corrected chi connectivity index (χ3v) is 5.60. The largest absolute Gasteiger partial charge is 0.422 e. The topological polar surface area (TPSA) is 88.0 Å². The summed E-state index contributed by atoms with van der Waals surface area (Å²) in [5.74, 6) is -0.512. The molecular formula is C26H19Cl2N3O3. The average Bonchev–Trinajstić information content (AvgIpc) is 3.37. The molecular weight excluding hydrogens is 473 g/mol. The molecule has 0 aliphatic heterocycles. The van der Waals surface area contributed by atoms with Crippen molar-refractivity contribution in [3.8, 4) is 22.4 Å². The number of imidazole rings is 1. The highest BCUT2D eigenvalue weighted by molar-refractivity contribution is 6.30. The van der Waals surface area contributed by atoms with Gasteiger partial charge in [0.25, 0.3) is 5.91 Å². The fourth-order valence-corrected chi connectivity index (χ4v) is 4.02. The van der Waals surface area contributed by atoms with Gasteiger partial charge in [-0.2, -0.15) is 0 Å². The number of halogens is 2. The van der Waals surface area contributed by atoms with E-state index in [1.807, 2.05) is 42.5 Å². The number of hydrogen-bond donors (Lipinski definition) is 2. The first kappa shape index (κ1) is 23.3. The Morgan fingerprint density at radius 1 is 1.00 bits per heavy atom. The van der Waals surface area contributed by atoms with E-state index in [0.29, 0.717) is 21.6 Å². The number of aromatic amines is 1. The summed E-state index contributed by atoms with van der Waals surface area (Å²) in [7, 11) is 0. The van der Waals surface area contributed by atoms with E-state index in [1.54, 1.807) is 42.9 Å². The van der Waals surface area contributed by atoms with E-state index in [9.17, 15) is 9.59 Å². The van der Waals surface area contributed by atoms with Crippen molar-refractivity contribution in [1.82, 2.24) is 15.3 Å². The van der Waals surface area contributed by atoms with Crippen LogP contribution in [0.1, 0.15) is 15.9 Å². The molecule has 0 radical (unpaired) electrons. The molecule has 0 saturated heterocycles. The van der Waals surface area contributed by atoms with E-state index < -0.39 is 11.5 Å². The summed E-state index contributed by atoms with van der Waals surface area (Å²) in [5, 5.41) is 4.08. The maximum atomic E-state index is 13.2. The highest BCUT2D eigenvalue weighted by Gasteiger charge is 2.22. The molecule has 5 aromatic rings. The molecule has 0 atom stereocenters. The zero-order valence-electron chi connectivity index (χ0n) is 17.7.